The van der Waals surface area contributed by atoms with E-state index in [2.05, 4.69) is 0 Å². The molecule has 0 heterocycles. The van der Waals surface area contributed by atoms with Crippen LogP contribution in [0.15, 0.2) is 285 Å². The zero-order chi connectivity index (χ0) is 64.4. The normalized spacial score (nSPS) is 19.9. The largest absolute Gasteiger partial charge is 0.480 e. The summed E-state index contributed by atoms with van der Waals surface area (Å²) >= 11 is 14.0. The highest BCUT2D eigenvalue weighted by atomic mass is 35.5. The summed E-state index contributed by atoms with van der Waals surface area (Å²) in [4.78, 5) is 0. The molecule has 12 aromatic carbocycles. The van der Waals surface area contributed by atoms with Gasteiger partial charge in [0.2, 0.25) is 0 Å². The number of hydrogen-bond acceptors (Lipinski definition) is 1. The van der Waals surface area contributed by atoms with Crippen molar-refractivity contribution in [1.29, 1.82) is 0 Å². The van der Waals surface area contributed by atoms with Gasteiger partial charge in [0, 0.05) is 10.0 Å². The Labute approximate surface area is 532 Å². The topological polar surface area (TPSA) is 9.23 Å². The van der Waals surface area contributed by atoms with Crippen LogP contribution in [0.2, 0.25) is 10.0 Å². The first-order valence-electron chi connectivity index (χ1n) is 28.9. The summed E-state index contributed by atoms with van der Waals surface area (Å²) < 4.78 is 201. The Morgan fingerprint density at radius 2 is 0.489 bits per heavy atom. The Hall–Kier alpha value is -9.75. The number of rotatable bonds is 13. The molecule has 456 valence electrons. The van der Waals surface area contributed by atoms with Gasteiger partial charge in [0.1, 0.15) is 63.9 Å². The van der Waals surface area contributed by atoms with Gasteiger partial charge >= 0.3 is 0 Å². The van der Waals surface area contributed by atoms with E-state index in [0.717, 1.165) is 121 Å². The molecule has 0 aliphatic heterocycles. The fourth-order valence-corrected chi connectivity index (χ4v) is 15.6. The Morgan fingerprint density at radius 3 is 0.837 bits per heavy atom. The third-order valence-electron chi connectivity index (χ3n) is 18.3. The highest BCUT2D eigenvalue weighted by Crippen LogP contribution is 2.86. The van der Waals surface area contributed by atoms with Gasteiger partial charge in [-0.1, -0.05) is 151 Å². The molecule has 14 heteroatoms. The molecule has 0 saturated heterocycles. The van der Waals surface area contributed by atoms with Crippen LogP contribution in [0.25, 0.3) is 11.1 Å². The van der Waals surface area contributed by atoms with Gasteiger partial charge in [-0.05, 0) is 224 Å². The average Bonchev–Trinajstić information content (AvgIpc) is 0.604. The number of ether oxygens (including phenoxy) is 1. The molecule has 92 heavy (non-hydrogen) atoms. The van der Waals surface area contributed by atoms with Crippen LogP contribution < -0.4 is 4.74 Å². The van der Waals surface area contributed by atoms with Crippen molar-refractivity contribution in [1.82, 2.24) is 0 Å². The third-order valence-corrected chi connectivity index (χ3v) is 18.8. The van der Waals surface area contributed by atoms with Crippen LogP contribution >= 0.6 is 23.2 Å². The molecule has 4 atom stereocenters. The number of halogens is 13. The van der Waals surface area contributed by atoms with Crippen LogP contribution in [-0.4, -0.2) is 0 Å². The van der Waals surface area contributed by atoms with E-state index in [1.54, 1.807) is 0 Å². The van der Waals surface area contributed by atoms with E-state index in [1.807, 2.05) is 0 Å². The summed E-state index contributed by atoms with van der Waals surface area (Å²) in [6.07, 6.45) is 0. The van der Waals surface area contributed by atoms with Crippen molar-refractivity contribution in [2.75, 3.05) is 0 Å². The van der Waals surface area contributed by atoms with E-state index < -0.39 is 91.1 Å². The molecule has 1 nitrogen and oxygen atoms in total. The molecular formula is C78H47Cl2F11O. The second kappa shape index (κ2) is 23.5. The first kappa shape index (κ1) is 61.1. The maximum Gasteiger partial charge on any atom is 0.165 e. The van der Waals surface area contributed by atoms with E-state index in [-0.39, 0.29) is 82.6 Å². The summed E-state index contributed by atoms with van der Waals surface area (Å²) in [6, 6.07) is 57.7. The lowest BCUT2D eigenvalue weighted by Crippen LogP contribution is -2.88. The maximum atomic E-state index is 25.5. The van der Waals surface area contributed by atoms with Gasteiger partial charge < -0.3 is 4.74 Å². The summed E-state index contributed by atoms with van der Waals surface area (Å²) in [5, 5.41) is 0.155. The van der Waals surface area contributed by atoms with Gasteiger partial charge in [-0.25, -0.2) is 48.3 Å². The predicted octanol–water partition coefficient (Wildman–Crippen LogP) is 21.1. The van der Waals surface area contributed by atoms with E-state index in [9.17, 15) is 0 Å². The second-order valence-electron chi connectivity index (χ2n) is 22.7. The zero-order valence-corrected chi connectivity index (χ0v) is 49.5. The molecule has 13 rings (SSSR count). The third kappa shape index (κ3) is 9.03. The number of benzene rings is 12. The van der Waals surface area contributed by atoms with Crippen molar-refractivity contribution in [3.05, 3.63) is 409 Å². The molecule has 12 aromatic rings. The minimum atomic E-state index is -3.72. The average molecular weight is 1280 g/mol. The fraction of sp³-hybridized carbons (Fsp3) is 0.0769. The summed E-state index contributed by atoms with van der Waals surface area (Å²) in [7, 11) is 0. The van der Waals surface area contributed by atoms with Gasteiger partial charge in [-0.3, -0.25) is 0 Å². The lowest BCUT2D eigenvalue weighted by atomic mass is 9.22. The lowest BCUT2D eigenvalue weighted by molar-refractivity contribution is -0.218. The molecule has 0 aromatic heterocycles. The summed E-state index contributed by atoms with van der Waals surface area (Å²) in [5.74, 6) is -8.70. The van der Waals surface area contributed by atoms with Crippen molar-refractivity contribution in [3.63, 3.8) is 0 Å². The van der Waals surface area contributed by atoms with E-state index >= 15 is 48.3 Å². The summed E-state index contributed by atoms with van der Waals surface area (Å²) in [6.45, 7) is 0. The van der Waals surface area contributed by atoms with Gasteiger partial charge in [0.25, 0.3) is 0 Å². The van der Waals surface area contributed by atoms with Crippen LogP contribution in [-0.2, 0) is 32.9 Å². The van der Waals surface area contributed by atoms with E-state index in [1.165, 1.54) is 164 Å². The van der Waals surface area contributed by atoms with E-state index in [0.29, 0.717) is 0 Å². The molecule has 0 spiro atoms. The molecule has 4 unspecified atom stereocenters. The van der Waals surface area contributed by atoms with Crippen molar-refractivity contribution in [2.24, 2.45) is 0 Å². The standard InChI is InChI=1S/C78H47Cl2F11O/c79-58-21-3-49(4-22-58)73(50-7-27-61(82)28-8-50)75(53-13-33-64(85)34-14-53,54-15-35-65(86)36-16-54)78(57-19-39-67(88)40-20-57,92-70-44-41-68(89)42-45-70)76(55-17-37-66(87)38-18-55,72-46-43-69(90)47-71(72)48-1-25-60(81)26-2-48)74(51-9-29-62(83)30-10-51,52-11-31-63(84)32-12-52)77(73,91)56-5-23-59(80)24-6-56/h1-47H. The molecule has 0 radical (unpaired) electrons. The Bertz CT molecular complexity index is 4500. The first-order chi connectivity index (χ1) is 44.3. The minimum Gasteiger partial charge on any atom is -0.480 e. The minimum absolute atomic E-state index is 0.0440. The van der Waals surface area contributed by atoms with E-state index in [4.69, 9.17) is 27.9 Å². The Balaban J connectivity index is 1.56. The van der Waals surface area contributed by atoms with Crippen molar-refractivity contribution < 1.29 is 53.0 Å². The molecule has 1 aliphatic rings. The Morgan fingerprint density at radius 1 is 0.239 bits per heavy atom. The predicted molar refractivity (Wildman–Crippen MR) is 334 cm³/mol. The van der Waals surface area contributed by atoms with Crippen LogP contribution in [0, 0.1) is 58.2 Å². The molecule has 1 fully saturated rings. The van der Waals surface area contributed by atoms with Crippen LogP contribution in [0.5, 0.6) is 5.75 Å². The van der Waals surface area contributed by atoms with Gasteiger partial charge in [-0.15, -0.1) is 0 Å². The highest BCUT2D eigenvalue weighted by Gasteiger charge is 2.93. The number of hydrogen-bond donors (Lipinski definition) is 0. The molecule has 0 bridgehead atoms. The van der Waals surface area contributed by atoms with Crippen LogP contribution in [0.4, 0.5) is 48.3 Å². The van der Waals surface area contributed by atoms with Gasteiger partial charge in [0.15, 0.2) is 11.3 Å². The van der Waals surface area contributed by atoms with Crippen molar-refractivity contribution >= 4 is 23.2 Å². The van der Waals surface area contributed by atoms with Gasteiger partial charge in [0.05, 0.1) is 21.7 Å². The van der Waals surface area contributed by atoms with Crippen molar-refractivity contribution in [2.45, 2.75) is 32.9 Å². The van der Waals surface area contributed by atoms with Crippen molar-refractivity contribution in [3.8, 4) is 16.9 Å². The SMILES string of the molecule is Fc1ccc(OC2(c3ccc(F)cc3)C(c3ccc(F)cc3)(c3ccc(F)cc3)C(c3ccc(F)cc3)(c3ccc(Cl)cc3)C(F)(c3ccc(Cl)cc3)C(c3ccc(F)cc3)(c3ccc(F)cc3)C2(c2ccc(F)cc2)c2ccc(F)cc2-c2ccc(F)cc2)cc1. The summed E-state index contributed by atoms with van der Waals surface area (Å²) in [5.41, 5.74) is -20.8. The monoisotopic (exact) mass is 1280 g/mol. The molecule has 0 amide bonds. The maximum absolute atomic E-state index is 25.5. The number of alkyl halides is 1. The molecule has 0 N–H and O–H groups in total. The molecule has 1 aliphatic carbocycles. The smallest absolute Gasteiger partial charge is 0.165 e. The molecule has 1 saturated carbocycles. The zero-order valence-electron chi connectivity index (χ0n) is 48.0. The van der Waals surface area contributed by atoms with Gasteiger partial charge in [-0.2, -0.15) is 0 Å². The Kier molecular flexibility index (Phi) is 15.6. The second-order valence-corrected chi connectivity index (χ2v) is 23.5. The highest BCUT2D eigenvalue weighted by molar-refractivity contribution is 6.30. The molecular weight excluding hydrogens is 1230 g/mol. The fourth-order valence-electron chi connectivity index (χ4n) is 15.3. The van der Waals surface area contributed by atoms with Crippen LogP contribution in [0.1, 0.15) is 55.6 Å². The first-order valence-corrected chi connectivity index (χ1v) is 29.6. The van der Waals surface area contributed by atoms with Crippen LogP contribution in [0.3, 0.4) is 0 Å². The quantitative estimate of drug-likeness (QED) is 0.105. The lowest BCUT2D eigenvalue weighted by Gasteiger charge is -2.79.